The van der Waals surface area contributed by atoms with Gasteiger partial charge in [0.25, 0.3) is 17.5 Å². The van der Waals surface area contributed by atoms with Crippen LogP contribution in [0.1, 0.15) is 60.9 Å². The van der Waals surface area contributed by atoms with Gasteiger partial charge in [0.1, 0.15) is 5.71 Å². The third-order valence-electron chi connectivity index (χ3n) is 5.41. The van der Waals surface area contributed by atoms with Crippen molar-refractivity contribution in [3.05, 3.63) is 75.8 Å². The summed E-state index contributed by atoms with van der Waals surface area (Å²) in [5.41, 5.74) is 0.935. The number of hydrogen-bond acceptors (Lipinski definition) is 4. The van der Waals surface area contributed by atoms with Gasteiger partial charge >= 0.3 is 0 Å². The molecule has 1 atom stereocenters. The quantitative estimate of drug-likeness (QED) is 0.435. The zero-order valence-corrected chi connectivity index (χ0v) is 16.9. The maximum Gasteiger partial charge on any atom is 0.277 e. The van der Waals surface area contributed by atoms with Crippen LogP contribution in [0.5, 0.6) is 0 Å². The van der Waals surface area contributed by atoms with Crippen molar-refractivity contribution in [2.24, 2.45) is 4.99 Å². The van der Waals surface area contributed by atoms with Crippen molar-refractivity contribution >= 4 is 23.2 Å². The topological polar surface area (TPSA) is 102 Å². The molecule has 1 aliphatic carbocycles. The molecule has 1 saturated carbocycles. The highest BCUT2D eigenvalue weighted by molar-refractivity contribution is 6.42. The van der Waals surface area contributed by atoms with Crippen LogP contribution in [0, 0.1) is 10.1 Å². The average Bonchev–Trinajstić information content (AvgIpc) is 2.78. The van der Waals surface area contributed by atoms with Crippen LogP contribution in [-0.2, 0) is 4.79 Å². The minimum absolute atomic E-state index is 0.0561. The Morgan fingerprint density at radius 2 is 1.77 bits per heavy atom. The lowest BCUT2D eigenvalue weighted by Gasteiger charge is -2.24. The Kier molecular flexibility index (Phi) is 7.06. The molecular formula is C23H25N3O4. The number of amides is 2. The van der Waals surface area contributed by atoms with Gasteiger partial charge in [-0.1, -0.05) is 56.5 Å². The zero-order chi connectivity index (χ0) is 21.5. The lowest BCUT2D eigenvalue weighted by atomic mass is 9.92. The van der Waals surface area contributed by atoms with E-state index in [1.807, 2.05) is 0 Å². The Morgan fingerprint density at radius 1 is 1.07 bits per heavy atom. The molecule has 1 unspecified atom stereocenters. The fourth-order valence-corrected chi connectivity index (χ4v) is 3.67. The molecule has 7 heteroatoms. The second kappa shape index (κ2) is 9.91. The van der Waals surface area contributed by atoms with Gasteiger partial charge in [-0.3, -0.25) is 19.7 Å². The summed E-state index contributed by atoms with van der Waals surface area (Å²) in [4.78, 5) is 40.6. The highest BCUT2D eigenvalue weighted by Gasteiger charge is 2.26. The smallest absolute Gasteiger partial charge is 0.277 e. The highest BCUT2D eigenvalue weighted by atomic mass is 16.6. The van der Waals surface area contributed by atoms with Gasteiger partial charge in [-0.25, -0.2) is 4.99 Å². The molecule has 0 spiro atoms. The minimum atomic E-state index is -0.582. The van der Waals surface area contributed by atoms with E-state index in [2.05, 4.69) is 10.3 Å². The fraction of sp³-hybridized carbons (Fsp3) is 0.348. The third-order valence-corrected chi connectivity index (χ3v) is 5.41. The molecule has 2 amide bonds. The molecule has 3 rings (SSSR count). The maximum atomic E-state index is 13.1. The second-order valence-electron chi connectivity index (χ2n) is 7.55. The number of nitrogens with one attached hydrogen (secondary N) is 1. The van der Waals surface area contributed by atoms with Crippen LogP contribution in [0.2, 0.25) is 0 Å². The summed E-state index contributed by atoms with van der Waals surface area (Å²) in [5, 5.41) is 14.2. The van der Waals surface area contributed by atoms with Crippen molar-refractivity contribution in [3.8, 4) is 0 Å². The van der Waals surface area contributed by atoms with Gasteiger partial charge in [-0.15, -0.1) is 0 Å². The number of benzene rings is 2. The molecule has 0 aromatic heterocycles. The van der Waals surface area contributed by atoms with Crippen LogP contribution in [-0.4, -0.2) is 28.5 Å². The van der Waals surface area contributed by atoms with Crippen molar-refractivity contribution in [2.45, 2.75) is 51.0 Å². The van der Waals surface area contributed by atoms with E-state index in [0.29, 0.717) is 11.1 Å². The standard InChI is InChI=1S/C23H25N3O4/c1-16(18-11-8-14-20(15-18)26(29)30)21(23(28)24-19-12-6-3-7-13-19)25-22(27)17-9-4-2-5-10-17/h2,4-5,8-11,14-16,19H,3,6-7,12-13H2,1H3,(H,24,28). The molecular weight excluding hydrogens is 382 g/mol. The van der Waals surface area contributed by atoms with E-state index >= 15 is 0 Å². The van der Waals surface area contributed by atoms with Crippen LogP contribution >= 0.6 is 0 Å². The van der Waals surface area contributed by atoms with E-state index < -0.39 is 22.7 Å². The summed E-state index contributed by atoms with van der Waals surface area (Å²) in [7, 11) is 0. The lowest BCUT2D eigenvalue weighted by molar-refractivity contribution is -0.384. The van der Waals surface area contributed by atoms with Crippen molar-refractivity contribution in [3.63, 3.8) is 0 Å². The van der Waals surface area contributed by atoms with Gasteiger partial charge in [0.2, 0.25) is 0 Å². The molecule has 156 valence electrons. The Hall–Kier alpha value is -3.35. The molecule has 1 fully saturated rings. The molecule has 0 aliphatic heterocycles. The van der Waals surface area contributed by atoms with E-state index in [9.17, 15) is 19.7 Å². The predicted molar refractivity (Wildman–Crippen MR) is 115 cm³/mol. The molecule has 1 aliphatic rings. The number of carbonyl (C=O) groups is 2. The zero-order valence-electron chi connectivity index (χ0n) is 16.9. The van der Waals surface area contributed by atoms with Crippen molar-refractivity contribution in [1.82, 2.24) is 5.32 Å². The molecule has 7 nitrogen and oxygen atoms in total. The Labute approximate surface area is 175 Å². The monoisotopic (exact) mass is 407 g/mol. The lowest BCUT2D eigenvalue weighted by Crippen LogP contribution is -2.42. The van der Waals surface area contributed by atoms with E-state index in [1.54, 1.807) is 49.4 Å². The van der Waals surface area contributed by atoms with Gasteiger partial charge in [-0.2, -0.15) is 0 Å². The van der Waals surface area contributed by atoms with Crippen molar-refractivity contribution < 1.29 is 14.5 Å². The summed E-state index contributed by atoms with van der Waals surface area (Å²) in [6.45, 7) is 1.73. The number of hydrogen-bond donors (Lipinski definition) is 1. The van der Waals surface area contributed by atoms with Crippen LogP contribution in [0.4, 0.5) is 5.69 Å². The number of nitro groups is 1. The van der Waals surface area contributed by atoms with E-state index in [4.69, 9.17) is 0 Å². The normalized spacial score (nSPS) is 16.0. The summed E-state index contributed by atoms with van der Waals surface area (Å²) >= 11 is 0. The number of nitrogens with zero attached hydrogens (tertiary/aromatic N) is 2. The molecule has 0 heterocycles. The first-order valence-corrected chi connectivity index (χ1v) is 10.2. The predicted octanol–water partition coefficient (Wildman–Crippen LogP) is 4.43. The van der Waals surface area contributed by atoms with E-state index in [-0.39, 0.29) is 17.4 Å². The van der Waals surface area contributed by atoms with Gasteiger partial charge in [0.05, 0.1) is 4.92 Å². The van der Waals surface area contributed by atoms with Crippen molar-refractivity contribution in [1.29, 1.82) is 0 Å². The summed E-state index contributed by atoms with van der Waals surface area (Å²) in [6, 6.07) is 14.7. The summed E-state index contributed by atoms with van der Waals surface area (Å²) < 4.78 is 0. The maximum absolute atomic E-state index is 13.1. The SMILES string of the molecule is CC(C(=NC(=O)c1ccccc1)C(=O)NC1CCCCC1)c1cccc([N+](=O)[O-])c1. The number of rotatable bonds is 6. The first-order chi connectivity index (χ1) is 14.5. The number of nitro benzene ring substituents is 1. The summed E-state index contributed by atoms with van der Waals surface area (Å²) in [5.74, 6) is -1.49. The molecule has 2 aromatic rings. The van der Waals surface area contributed by atoms with Crippen LogP contribution in [0.15, 0.2) is 59.6 Å². The number of aliphatic imine (C=N–C) groups is 1. The van der Waals surface area contributed by atoms with Gasteiger partial charge in [0, 0.05) is 29.7 Å². The molecule has 0 radical (unpaired) electrons. The van der Waals surface area contributed by atoms with E-state index in [0.717, 1.165) is 32.1 Å². The fourth-order valence-electron chi connectivity index (χ4n) is 3.67. The Balaban J connectivity index is 1.92. The second-order valence-corrected chi connectivity index (χ2v) is 7.55. The van der Waals surface area contributed by atoms with Gasteiger partial charge < -0.3 is 5.32 Å². The Morgan fingerprint density at radius 3 is 2.43 bits per heavy atom. The number of carbonyl (C=O) groups excluding carboxylic acids is 2. The molecule has 2 aromatic carbocycles. The van der Waals surface area contributed by atoms with Crippen LogP contribution in [0.25, 0.3) is 0 Å². The first-order valence-electron chi connectivity index (χ1n) is 10.2. The third kappa shape index (κ3) is 5.37. The first kappa shape index (κ1) is 21.4. The molecule has 30 heavy (non-hydrogen) atoms. The van der Waals surface area contributed by atoms with Crippen molar-refractivity contribution in [2.75, 3.05) is 0 Å². The molecule has 0 saturated heterocycles. The molecule has 0 bridgehead atoms. The largest absolute Gasteiger partial charge is 0.348 e. The van der Waals surface area contributed by atoms with E-state index in [1.165, 1.54) is 12.1 Å². The van der Waals surface area contributed by atoms with Gasteiger partial charge in [-0.05, 0) is 30.5 Å². The number of non-ortho nitro benzene ring substituents is 1. The van der Waals surface area contributed by atoms with Crippen LogP contribution < -0.4 is 5.32 Å². The minimum Gasteiger partial charge on any atom is -0.348 e. The van der Waals surface area contributed by atoms with Gasteiger partial charge in [0.15, 0.2) is 0 Å². The Bertz CT molecular complexity index is 950. The average molecular weight is 407 g/mol. The highest BCUT2D eigenvalue weighted by Crippen LogP contribution is 2.24. The summed E-state index contributed by atoms with van der Waals surface area (Å²) in [6.07, 6.45) is 5.07. The molecule has 1 N–H and O–H groups in total. The van der Waals surface area contributed by atoms with Crippen LogP contribution in [0.3, 0.4) is 0 Å².